The van der Waals surface area contributed by atoms with E-state index in [1.54, 1.807) is 0 Å². The summed E-state index contributed by atoms with van der Waals surface area (Å²) in [7, 11) is -3.85. The van der Waals surface area contributed by atoms with Gasteiger partial charge in [-0.25, -0.2) is 12.8 Å². The molecule has 0 radical (unpaired) electrons. The van der Waals surface area contributed by atoms with Crippen LogP contribution in [0, 0.1) is 17.7 Å². The molecule has 1 aliphatic heterocycles. The molecule has 150 valence electrons. The number of amides is 1. The SMILES string of the molecule is CC(C)CCN(C(=O)C1CCN(S(=O)(=O)c2ccccc2F)CC1)C1CC1. The fourth-order valence-corrected chi connectivity index (χ4v) is 5.16. The molecule has 0 unspecified atom stereocenters. The van der Waals surface area contributed by atoms with E-state index in [1.165, 1.54) is 22.5 Å². The summed E-state index contributed by atoms with van der Waals surface area (Å²) in [4.78, 5) is 14.7. The van der Waals surface area contributed by atoms with Crippen LogP contribution in [0.4, 0.5) is 4.39 Å². The van der Waals surface area contributed by atoms with Crippen molar-refractivity contribution >= 4 is 15.9 Å². The van der Waals surface area contributed by atoms with Crippen LogP contribution in [-0.4, -0.2) is 49.2 Å². The minimum absolute atomic E-state index is 0.134. The van der Waals surface area contributed by atoms with Crippen molar-refractivity contribution in [2.24, 2.45) is 11.8 Å². The number of hydrogen-bond donors (Lipinski definition) is 0. The summed E-state index contributed by atoms with van der Waals surface area (Å²) < 4.78 is 40.6. The Morgan fingerprint density at radius 3 is 2.37 bits per heavy atom. The van der Waals surface area contributed by atoms with Crippen LogP contribution in [0.3, 0.4) is 0 Å². The van der Waals surface area contributed by atoms with Crippen molar-refractivity contribution in [2.75, 3.05) is 19.6 Å². The van der Waals surface area contributed by atoms with E-state index >= 15 is 0 Å². The molecule has 0 aromatic heterocycles. The predicted octanol–water partition coefficient (Wildman–Crippen LogP) is 3.26. The highest BCUT2D eigenvalue weighted by Crippen LogP contribution is 2.32. The lowest BCUT2D eigenvalue weighted by Gasteiger charge is -2.34. The molecule has 0 spiro atoms. The molecule has 27 heavy (non-hydrogen) atoms. The highest BCUT2D eigenvalue weighted by atomic mass is 32.2. The number of carbonyl (C=O) groups is 1. The summed E-state index contributed by atoms with van der Waals surface area (Å²) in [6, 6.07) is 5.82. The third-order valence-electron chi connectivity index (χ3n) is 5.48. The van der Waals surface area contributed by atoms with Crippen molar-refractivity contribution in [3.8, 4) is 0 Å². The maximum Gasteiger partial charge on any atom is 0.245 e. The third-order valence-corrected chi connectivity index (χ3v) is 7.41. The lowest BCUT2D eigenvalue weighted by Crippen LogP contribution is -2.45. The Morgan fingerprint density at radius 2 is 1.81 bits per heavy atom. The van der Waals surface area contributed by atoms with Crippen molar-refractivity contribution in [1.82, 2.24) is 9.21 Å². The van der Waals surface area contributed by atoms with Gasteiger partial charge in [-0.05, 0) is 50.2 Å². The topological polar surface area (TPSA) is 57.7 Å². The molecule has 1 amide bonds. The first kappa shape index (κ1) is 20.3. The van der Waals surface area contributed by atoms with Gasteiger partial charge in [0.1, 0.15) is 10.7 Å². The molecule has 1 aromatic rings. The number of hydrogen-bond acceptors (Lipinski definition) is 3. The fraction of sp³-hybridized carbons (Fsp3) is 0.650. The molecular weight excluding hydrogens is 367 g/mol. The van der Waals surface area contributed by atoms with Gasteiger partial charge >= 0.3 is 0 Å². The molecule has 2 aliphatic rings. The van der Waals surface area contributed by atoms with E-state index in [2.05, 4.69) is 13.8 Å². The Labute approximate surface area is 161 Å². The van der Waals surface area contributed by atoms with E-state index in [-0.39, 0.29) is 29.8 Å². The number of halogens is 1. The smallest absolute Gasteiger partial charge is 0.245 e. The van der Waals surface area contributed by atoms with E-state index in [4.69, 9.17) is 0 Å². The minimum Gasteiger partial charge on any atom is -0.339 e. The first-order chi connectivity index (χ1) is 12.8. The second-order valence-electron chi connectivity index (χ2n) is 8.05. The number of piperidine rings is 1. The third kappa shape index (κ3) is 4.69. The first-order valence-corrected chi connectivity index (χ1v) is 11.3. The predicted molar refractivity (Wildman–Crippen MR) is 102 cm³/mol. The monoisotopic (exact) mass is 396 g/mol. The fourth-order valence-electron chi connectivity index (χ4n) is 3.63. The van der Waals surface area contributed by atoms with Crippen LogP contribution in [0.2, 0.25) is 0 Å². The van der Waals surface area contributed by atoms with Crippen molar-refractivity contribution in [2.45, 2.75) is 56.9 Å². The van der Waals surface area contributed by atoms with Crippen LogP contribution in [0.5, 0.6) is 0 Å². The molecule has 5 nitrogen and oxygen atoms in total. The van der Waals surface area contributed by atoms with Gasteiger partial charge in [0.15, 0.2) is 0 Å². The molecule has 3 rings (SSSR count). The normalized spacial score (nSPS) is 19.4. The second kappa shape index (κ2) is 8.27. The maximum absolute atomic E-state index is 13.9. The molecule has 1 saturated carbocycles. The molecule has 1 heterocycles. The molecule has 0 atom stereocenters. The zero-order valence-electron chi connectivity index (χ0n) is 16.1. The quantitative estimate of drug-likeness (QED) is 0.711. The zero-order valence-corrected chi connectivity index (χ0v) is 16.9. The maximum atomic E-state index is 13.9. The van der Waals surface area contributed by atoms with Gasteiger partial charge in [0.05, 0.1) is 0 Å². The van der Waals surface area contributed by atoms with E-state index in [0.29, 0.717) is 24.8 Å². The molecular formula is C20H29FN2O3S. The Balaban J connectivity index is 1.62. The largest absolute Gasteiger partial charge is 0.339 e. The van der Waals surface area contributed by atoms with Crippen LogP contribution < -0.4 is 0 Å². The lowest BCUT2D eigenvalue weighted by molar-refractivity contribution is -0.137. The summed E-state index contributed by atoms with van der Waals surface area (Å²) in [5, 5.41) is 0. The highest BCUT2D eigenvalue weighted by molar-refractivity contribution is 7.89. The van der Waals surface area contributed by atoms with Crippen molar-refractivity contribution in [3.63, 3.8) is 0 Å². The molecule has 7 heteroatoms. The standard InChI is InChI=1S/C20H29FN2O3S/c1-15(2)9-14-23(17-7-8-17)20(24)16-10-12-22(13-11-16)27(25,26)19-6-4-3-5-18(19)21/h3-6,15-17H,7-14H2,1-2H3. The van der Waals surface area contributed by atoms with Crippen molar-refractivity contribution < 1.29 is 17.6 Å². The van der Waals surface area contributed by atoms with Gasteiger partial charge in [-0.15, -0.1) is 0 Å². The van der Waals surface area contributed by atoms with Crippen LogP contribution in [0.1, 0.15) is 46.0 Å². The van der Waals surface area contributed by atoms with Gasteiger partial charge < -0.3 is 4.90 Å². The van der Waals surface area contributed by atoms with E-state index in [0.717, 1.165) is 31.9 Å². The molecule has 1 aliphatic carbocycles. The van der Waals surface area contributed by atoms with Gasteiger partial charge in [0.2, 0.25) is 15.9 Å². The summed E-state index contributed by atoms with van der Waals surface area (Å²) in [5.74, 6) is -0.151. The number of carbonyl (C=O) groups excluding carboxylic acids is 1. The Kier molecular flexibility index (Phi) is 6.21. The number of sulfonamides is 1. The zero-order chi connectivity index (χ0) is 19.6. The summed E-state index contributed by atoms with van der Waals surface area (Å²) in [6.07, 6.45) is 4.13. The Bertz CT molecular complexity index is 769. The second-order valence-corrected chi connectivity index (χ2v) is 9.96. The number of nitrogens with zero attached hydrogens (tertiary/aromatic N) is 2. The van der Waals surface area contributed by atoms with E-state index in [1.807, 2.05) is 4.90 Å². The van der Waals surface area contributed by atoms with Gasteiger partial charge in [-0.3, -0.25) is 4.79 Å². The summed E-state index contributed by atoms with van der Waals surface area (Å²) >= 11 is 0. The van der Waals surface area contributed by atoms with Gasteiger partial charge in [-0.1, -0.05) is 26.0 Å². The minimum atomic E-state index is -3.85. The lowest BCUT2D eigenvalue weighted by atomic mass is 9.96. The van der Waals surface area contributed by atoms with Crippen LogP contribution in [0.25, 0.3) is 0 Å². The number of benzene rings is 1. The molecule has 0 bridgehead atoms. The Hall–Kier alpha value is -1.47. The average molecular weight is 397 g/mol. The van der Waals surface area contributed by atoms with E-state index < -0.39 is 15.8 Å². The highest BCUT2D eigenvalue weighted by Gasteiger charge is 2.38. The van der Waals surface area contributed by atoms with E-state index in [9.17, 15) is 17.6 Å². The van der Waals surface area contributed by atoms with Crippen LogP contribution >= 0.6 is 0 Å². The number of rotatable bonds is 7. The molecule has 1 saturated heterocycles. The van der Waals surface area contributed by atoms with Gasteiger partial charge in [0.25, 0.3) is 0 Å². The average Bonchev–Trinajstić information content (AvgIpc) is 3.47. The molecule has 0 N–H and O–H groups in total. The van der Waals surface area contributed by atoms with Crippen LogP contribution in [0.15, 0.2) is 29.2 Å². The Morgan fingerprint density at radius 1 is 1.19 bits per heavy atom. The van der Waals surface area contributed by atoms with Gasteiger partial charge in [0, 0.05) is 31.6 Å². The van der Waals surface area contributed by atoms with Crippen LogP contribution in [-0.2, 0) is 14.8 Å². The van der Waals surface area contributed by atoms with Crippen molar-refractivity contribution in [1.29, 1.82) is 0 Å². The summed E-state index contributed by atoms with van der Waals surface area (Å²) in [6.45, 7) is 5.61. The molecule has 2 fully saturated rings. The summed E-state index contributed by atoms with van der Waals surface area (Å²) in [5.41, 5.74) is 0. The van der Waals surface area contributed by atoms with Crippen molar-refractivity contribution in [3.05, 3.63) is 30.1 Å². The molecule has 1 aromatic carbocycles. The first-order valence-electron chi connectivity index (χ1n) is 9.86. The van der Waals surface area contributed by atoms with Gasteiger partial charge in [-0.2, -0.15) is 4.31 Å².